The van der Waals surface area contributed by atoms with Crippen molar-refractivity contribution in [1.29, 1.82) is 0 Å². The van der Waals surface area contributed by atoms with Crippen LogP contribution >= 0.6 is 0 Å². The van der Waals surface area contributed by atoms with Gasteiger partial charge in [-0.1, -0.05) is 18.9 Å². The van der Waals surface area contributed by atoms with E-state index in [1.807, 2.05) is 31.3 Å². The zero-order chi connectivity index (χ0) is 13.5. The third kappa shape index (κ3) is 4.75. The predicted octanol–water partition coefficient (Wildman–Crippen LogP) is 3.24. The van der Waals surface area contributed by atoms with Crippen molar-refractivity contribution in [3.8, 4) is 11.5 Å². The van der Waals surface area contributed by atoms with E-state index in [0.717, 1.165) is 30.6 Å². The third-order valence-electron chi connectivity index (χ3n) is 3.59. The molecule has 3 nitrogen and oxygen atoms in total. The highest BCUT2D eigenvalue weighted by atomic mass is 16.5. The lowest BCUT2D eigenvalue weighted by Crippen LogP contribution is -2.25. The van der Waals surface area contributed by atoms with Gasteiger partial charge in [0, 0.05) is 12.6 Å². The Balaban J connectivity index is 1.83. The first-order valence-corrected chi connectivity index (χ1v) is 7.32. The summed E-state index contributed by atoms with van der Waals surface area (Å²) in [6, 6.07) is 7.96. The second-order valence-corrected chi connectivity index (χ2v) is 5.42. The molecule has 1 saturated carbocycles. The minimum atomic E-state index is 0.162. The lowest BCUT2D eigenvalue weighted by atomic mass is 10.1. The van der Waals surface area contributed by atoms with Gasteiger partial charge in [-0.25, -0.2) is 0 Å². The summed E-state index contributed by atoms with van der Waals surface area (Å²) in [6.45, 7) is 3.74. The van der Waals surface area contributed by atoms with Gasteiger partial charge in [-0.2, -0.15) is 0 Å². The first-order chi connectivity index (χ1) is 9.28. The van der Waals surface area contributed by atoms with Gasteiger partial charge >= 0.3 is 0 Å². The average Bonchev–Trinajstić information content (AvgIpc) is 2.90. The molecule has 1 atom stereocenters. The molecule has 1 aliphatic carbocycles. The molecule has 1 aromatic carbocycles. The summed E-state index contributed by atoms with van der Waals surface area (Å²) in [6.07, 6.45) is 5.51. The van der Waals surface area contributed by atoms with Crippen molar-refractivity contribution in [3.05, 3.63) is 24.3 Å². The molecular formula is C16H25NO2. The van der Waals surface area contributed by atoms with E-state index in [1.54, 1.807) is 0 Å². The standard InChI is InChI=1S/C16H25NO2/c1-13(11-17-2)19-16-9-5-8-15(10-16)18-12-14-6-3-4-7-14/h5,8-10,13-14,17H,3-4,6-7,11-12H2,1-2H3/t13-/m1/s1. The van der Waals surface area contributed by atoms with Crippen LogP contribution in [0.15, 0.2) is 24.3 Å². The highest BCUT2D eigenvalue weighted by molar-refractivity contribution is 5.33. The number of nitrogens with one attached hydrogen (secondary N) is 1. The fraction of sp³-hybridized carbons (Fsp3) is 0.625. The summed E-state index contributed by atoms with van der Waals surface area (Å²) in [4.78, 5) is 0. The fourth-order valence-corrected chi connectivity index (χ4v) is 2.59. The average molecular weight is 263 g/mol. The van der Waals surface area contributed by atoms with E-state index in [1.165, 1.54) is 25.7 Å². The summed E-state index contributed by atoms with van der Waals surface area (Å²) in [5, 5.41) is 3.11. The maximum Gasteiger partial charge on any atom is 0.123 e. The molecule has 19 heavy (non-hydrogen) atoms. The number of hydrogen-bond acceptors (Lipinski definition) is 3. The summed E-state index contributed by atoms with van der Waals surface area (Å²) in [5.41, 5.74) is 0. The van der Waals surface area contributed by atoms with Gasteiger partial charge in [-0.05, 0) is 44.9 Å². The van der Waals surface area contributed by atoms with Crippen molar-refractivity contribution < 1.29 is 9.47 Å². The predicted molar refractivity (Wildman–Crippen MR) is 77.9 cm³/mol. The molecule has 1 fully saturated rings. The lowest BCUT2D eigenvalue weighted by molar-refractivity contribution is 0.216. The van der Waals surface area contributed by atoms with Crippen LogP contribution in [0.25, 0.3) is 0 Å². The van der Waals surface area contributed by atoms with Crippen LogP contribution < -0.4 is 14.8 Å². The summed E-state index contributed by atoms with van der Waals surface area (Å²) >= 11 is 0. The van der Waals surface area contributed by atoms with E-state index < -0.39 is 0 Å². The third-order valence-corrected chi connectivity index (χ3v) is 3.59. The lowest BCUT2D eigenvalue weighted by Gasteiger charge is -2.16. The highest BCUT2D eigenvalue weighted by Crippen LogP contribution is 2.26. The van der Waals surface area contributed by atoms with E-state index in [9.17, 15) is 0 Å². The first-order valence-electron chi connectivity index (χ1n) is 7.32. The first kappa shape index (κ1) is 14.2. The molecule has 1 aromatic rings. The molecule has 106 valence electrons. The molecule has 0 saturated heterocycles. The van der Waals surface area contributed by atoms with Crippen molar-refractivity contribution in [2.75, 3.05) is 20.2 Å². The van der Waals surface area contributed by atoms with E-state index in [4.69, 9.17) is 9.47 Å². The molecule has 3 heteroatoms. The van der Waals surface area contributed by atoms with Crippen molar-refractivity contribution in [2.45, 2.75) is 38.7 Å². The van der Waals surface area contributed by atoms with Crippen LogP contribution in [-0.4, -0.2) is 26.3 Å². The molecule has 2 rings (SSSR count). The molecule has 0 radical (unpaired) electrons. The van der Waals surface area contributed by atoms with Gasteiger partial charge in [0.2, 0.25) is 0 Å². The number of ether oxygens (including phenoxy) is 2. The number of hydrogen-bond donors (Lipinski definition) is 1. The van der Waals surface area contributed by atoms with E-state index in [0.29, 0.717) is 0 Å². The van der Waals surface area contributed by atoms with E-state index >= 15 is 0 Å². The summed E-state index contributed by atoms with van der Waals surface area (Å²) in [5.74, 6) is 2.54. The fourth-order valence-electron chi connectivity index (χ4n) is 2.59. The molecule has 0 unspecified atom stereocenters. The van der Waals surface area contributed by atoms with Crippen LogP contribution in [0.2, 0.25) is 0 Å². The topological polar surface area (TPSA) is 30.5 Å². The van der Waals surface area contributed by atoms with Gasteiger partial charge in [-0.15, -0.1) is 0 Å². The van der Waals surface area contributed by atoms with E-state index in [2.05, 4.69) is 12.2 Å². The molecule has 0 heterocycles. The van der Waals surface area contributed by atoms with Gasteiger partial charge < -0.3 is 14.8 Å². The number of likely N-dealkylation sites (N-methyl/N-ethyl adjacent to an activating group) is 1. The monoisotopic (exact) mass is 263 g/mol. The minimum absolute atomic E-state index is 0.162. The van der Waals surface area contributed by atoms with Gasteiger partial charge in [0.25, 0.3) is 0 Å². The Hall–Kier alpha value is -1.22. The smallest absolute Gasteiger partial charge is 0.123 e. The second-order valence-electron chi connectivity index (χ2n) is 5.42. The maximum atomic E-state index is 5.88. The van der Waals surface area contributed by atoms with Crippen molar-refractivity contribution in [3.63, 3.8) is 0 Å². The Labute approximate surface area is 116 Å². The second kappa shape index (κ2) is 7.39. The highest BCUT2D eigenvalue weighted by Gasteiger charge is 2.15. The zero-order valence-electron chi connectivity index (χ0n) is 12.0. The largest absolute Gasteiger partial charge is 0.493 e. The van der Waals surface area contributed by atoms with Crippen LogP contribution in [0.4, 0.5) is 0 Å². The Bertz CT molecular complexity index is 375. The molecular weight excluding hydrogens is 238 g/mol. The Morgan fingerprint density at radius 3 is 2.74 bits per heavy atom. The van der Waals surface area contributed by atoms with Crippen LogP contribution in [0, 0.1) is 5.92 Å². The number of benzene rings is 1. The minimum Gasteiger partial charge on any atom is -0.493 e. The maximum absolute atomic E-state index is 5.88. The van der Waals surface area contributed by atoms with Gasteiger partial charge in [0.05, 0.1) is 6.61 Å². The van der Waals surface area contributed by atoms with Gasteiger partial charge in [0.1, 0.15) is 17.6 Å². The summed E-state index contributed by atoms with van der Waals surface area (Å²) in [7, 11) is 1.93. The Morgan fingerprint density at radius 1 is 1.26 bits per heavy atom. The summed E-state index contributed by atoms with van der Waals surface area (Å²) < 4.78 is 11.7. The normalized spacial score (nSPS) is 17.4. The van der Waals surface area contributed by atoms with Crippen LogP contribution in [-0.2, 0) is 0 Å². The molecule has 0 aromatic heterocycles. The van der Waals surface area contributed by atoms with Crippen LogP contribution in [0.3, 0.4) is 0 Å². The quantitative estimate of drug-likeness (QED) is 0.819. The molecule has 0 spiro atoms. The van der Waals surface area contributed by atoms with Gasteiger partial charge in [-0.3, -0.25) is 0 Å². The Kier molecular flexibility index (Phi) is 5.52. The molecule has 0 aliphatic heterocycles. The SMILES string of the molecule is CNC[C@@H](C)Oc1cccc(OCC2CCCC2)c1. The van der Waals surface area contributed by atoms with Crippen molar-refractivity contribution in [2.24, 2.45) is 5.92 Å². The van der Waals surface area contributed by atoms with Crippen LogP contribution in [0.1, 0.15) is 32.6 Å². The van der Waals surface area contributed by atoms with E-state index in [-0.39, 0.29) is 6.10 Å². The number of rotatable bonds is 7. The molecule has 1 N–H and O–H groups in total. The van der Waals surface area contributed by atoms with Crippen molar-refractivity contribution in [1.82, 2.24) is 5.32 Å². The Morgan fingerprint density at radius 2 is 2.00 bits per heavy atom. The molecule has 0 amide bonds. The van der Waals surface area contributed by atoms with Crippen molar-refractivity contribution >= 4 is 0 Å². The zero-order valence-corrected chi connectivity index (χ0v) is 12.0. The molecule has 1 aliphatic rings. The van der Waals surface area contributed by atoms with Crippen LogP contribution in [0.5, 0.6) is 11.5 Å². The molecule has 0 bridgehead atoms. The van der Waals surface area contributed by atoms with Gasteiger partial charge in [0.15, 0.2) is 0 Å².